The lowest BCUT2D eigenvalue weighted by molar-refractivity contribution is 0.442. The van der Waals surface area contributed by atoms with E-state index in [4.69, 9.17) is 12.2 Å². The second-order valence-electron chi connectivity index (χ2n) is 5.24. The van der Waals surface area contributed by atoms with Crippen molar-refractivity contribution in [1.82, 2.24) is 9.80 Å². The first-order chi connectivity index (χ1) is 9.31. The molecule has 3 heteroatoms. The summed E-state index contributed by atoms with van der Waals surface area (Å²) in [6.07, 6.45) is 5.24. The van der Waals surface area contributed by atoms with Crippen LogP contribution in [0.3, 0.4) is 0 Å². The first-order valence-corrected chi connectivity index (χ1v) is 7.80. The minimum atomic E-state index is 0.950. The number of hydrogen-bond acceptors (Lipinski definition) is 1. The molecule has 1 fully saturated rings. The molecule has 0 bridgehead atoms. The molecule has 0 saturated carbocycles. The predicted octanol–water partition coefficient (Wildman–Crippen LogP) is 3.67. The van der Waals surface area contributed by atoms with Crippen LogP contribution in [0.1, 0.15) is 38.2 Å². The number of hydrogen-bond donors (Lipinski definition) is 0. The van der Waals surface area contributed by atoms with Gasteiger partial charge in [0.1, 0.15) is 0 Å². The molecule has 1 aromatic rings. The van der Waals surface area contributed by atoms with Crippen LogP contribution < -0.4 is 0 Å². The maximum Gasteiger partial charge on any atom is 0.171 e. The Morgan fingerprint density at radius 1 is 1.00 bits per heavy atom. The number of nitrogens with zero attached hydrogens (tertiary/aromatic N) is 2. The highest BCUT2D eigenvalue weighted by atomic mass is 32.1. The molecule has 0 amide bonds. The van der Waals surface area contributed by atoms with E-state index < -0.39 is 0 Å². The molecule has 0 atom stereocenters. The summed E-state index contributed by atoms with van der Waals surface area (Å²) in [5, 5.41) is 1.04. The van der Waals surface area contributed by atoms with E-state index in [1.54, 1.807) is 0 Å². The molecule has 0 aromatic heterocycles. The minimum Gasteiger partial charge on any atom is -0.347 e. The van der Waals surface area contributed by atoms with Gasteiger partial charge in [-0.05, 0) is 24.2 Å². The molecule has 1 aromatic carbocycles. The van der Waals surface area contributed by atoms with Gasteiger partial charge in [-0.25, -0.2) is 0 Å². The summed E-state index contributed by atoms with van der Waals surface area (Å²) >= 11 is 5.59. The molecular formula is C16H24N2S. The van der Waals surface area contributed by atoms with Gasteiger partial charge in [0, 0.05) is 26.2 Å². The van der Waals surface area contributed by atoms with E-state index in [1.807, 2.05) is 0 Å². The van der Waals surface area contributed by atoms with Gasteiger partial charge in [0.2, 0.25) is 0 Å². The Labute approximate surface area is 122 Å². The van der Waals surface area contributed by atoms with Gasteiger partial charge in [-0.1, -0.05) is 56.5 Å². The zero-order chi connectivity index (χ0) is 13.5. The smallest absolute Gasteiger partial charge is 0.171 e. The van der Waals surface area contributed by atoms with Crippen molar-refractivity contribution < 1.29 is 0 Å². The summed E-state index contributed by atoms with van der Waals surface area (Å²) in [5.41, 5.74) is 1.35. The van der Waals surface area contributed by atoms with Gasteiger partial charge >= 0.3 is 0 Å². The summed E-state index contributed by atoms with van der Waals surface area (Å²) in [5.74, 6) is 0. The third kappa shape index (κ3) is 4.20. The standard InChI is InChI=1S/C16H24N2S/c1-2-3-4-8-11-17-12-13-18(16(17)19)14-15-9-6-5-7-10-15/h5-7,9-10H,2-4,8,11-14H2,1H3. The van der Waals surface area contributed by atoms with Crippen molar-refractivity contribution >= 4 is 17.3 Å². The first kappa shape index (κ1) is 14.3. The highest BCUT2D eigenvalue weighted by molar-refractivity contribution is 7.80. The molecule has 1 aliphatic heterocycles. The zero-order valence-electron chi connectivity index (χ0n) is 11.8. The van der Waals surface area contributed by atoms with Crippen LogP contribution in [0.15, 0.2) is 30.3 Å². The molecule has 1 saturated heterocycles. The van der Waals surface area contributed by atoms with E-state index in [0.717, 1.165) is 31.3 Å². The Bertz CT molecular complexity index is 391. The molecule has 0 radical (unpaired) electrons. The Morgan fingerprint density at radius 3 is 2.47 bits per heavy atom. The van der Waals surface area contributed by atoms with Crippen LogP contribution >= 0.6 is 12.2 Å². The van der Waals surface area contributed by atoms with E-state index in [1.165, 1.54) is 31.2 Å². The maximum atomic E-state index is 5.59. The molecule has 19 heavy (non-hydrogen) atoms. The molecule has 2 nitrogen and oxygen atoms in total. The second kappa shape index (κ2) is 7.49. The van der Waals surface area contributed by atoms with Crippen LogP contribution in [0.2, 0.25) is 0 Å². The van der Waals surface area contributed by atoms with Crippen molar-refractivity contribution in [3.8, 4) is 0 Å². The van der Waals surface area contributed by atoms with Crippen LogP contribution in [-0.4, -0.2) is 34.5 Å². The summed E-state index contributed by atoms with van der Waals surface area (Å²) in [6, 6.07) is 10.6. The third-order valence-corrected chi connectivity index (χ3v) is 4.20. The van der Waals surface area contributed by atoms with Gasteiger partial charge in [-0.3, -0.25) is 0 Å². The summed E-state index contributed by atoms with van der Waals surface area (Å²) in [7, 11) is 0. The molecule has 1 aliphatic rings. The molecule has 0 spiro atoms. The molecule has 2 rings (SSSR count). The lowest BCUT2D eigenvalue weighted by atomic mass is 10.2. The normalized spacial score (nSPS) is 15.3. The van der Waals surface area contributed by atoms with Gasteiger partial charge in [0.25, 0.3) is 0 Å². The van der Waals surface area contributed by atoms with Crippen LogP contribution in [0.5, 0.6) is 0 Å². The van der Waals surface area contributed by atoms with Crippen LogP contribution in [0.25, 0.3) is 0 Å². The summed E-state index contributed by atoms with van der Waals surface area (Å²) in [6.45, 7) is 6.50. The summed E-state index contributed by atoms with van der Waals surface area (Å²) < 4.78 is 0. The van der Waals surface area contributed by atoms with Crippen molar-refractivity contribution in [2.75, 3.05) is 19.6 Å². The van der Waals surface area contributed by atoms with Crippen molar-refractivity contribution in [3.63, 3.8) is 0 Å². The number of unbranched alkanes of at least 4 members (excludes halogenated alkanes) is 3. The minimum absolute atomic E-state index is 0.950. The highest BCUT2D eigenvalue weighted by Gasteiger charge is 2.23. The van der Waals surface area contributed by atoms with E-state index in [-0.39, 0.29) is 0 Å². The molecule has 1 heterocycles. The zero-order valence-corrected chi connectivity index (χ0v) is 12.7. The molecule has 0 aliphatic carbocycles. The average Bonchev–Trinajstić information content (AvgIpc) is 2.78. The van der Waals surface area contributed by atoms with Crippen molar-refractivity contribution in [2.24, 2.45) is 0 Å². The van der Waals surface area contributed by atoms with Crippen LogP contribution in [0.4, 0.5) is 0 Å². The van der Waals surface area contributed by atoms with Gasteiger partial charge in [0.05, 0.1) is 0 Å². The Balaban J connectivity index is 1.78. The quantitative estimate of drug-likeness (QED) is 0.554. The van der Waals surface area contributed by atoms with Crippen molar-refractivity contribution in [2.45, 2.75) is 39.2 Å². The van der Waals surface area contributed by atoms with Crippen molar-refractivity contribution in [1.29, 1.82) is 0 Å². The maximum absolute atomic E-state index is 5.59. The molecular weight excluding hydrogens is 252 g/mol. The van der Waals surface area contributed by atoms with Gasteiger partial charge in [-0.2, -0.15) is 0 Å². The lowest BCUT2D eigenvalue weighted by Gasteiger charge is -2.22. The number of rotatable bonds is 7. The lowest BCUT2D eigenvalue weighted by Crippen LogP contribution is -2.31. The van der Waals surface area contributed by atoms with E-state index in [0.29, 0.717) is 0 Å². The highest BCUT2D eigenvalue weighted by Crippen LogP contribution is 2.14. The van der Waals surface area contributed by atoms with Crippen LogP contribution in [0, 0.1) is 0 Å². The van der Waals surface area contributed by atoms with Gasteiger partial charge in [0.15, 0.2) is 5.11 Å². The monoisotopic (exact) mass is 276 g/mol. The van der Waals surface area contributed by atoms with Crippen LogP contribution in [-0.2, 0) is 6.54 Å². The average molecular weight is 276 g/mol. The fourth-order valence-corrected chi connectivity index (χ4v) is 2.86. The SMILES string of the molecule is CCCCCCN1CCN(Cc2ccccc2)C1=S. The third-order valence-electron chi connectivity index (χ3n) is 3.68. The van der Waals surface area contributed by atoms with Gasteiger partial charge < -0.3 is 9.80 Å². The molecule has 0 unspecified atom stereocenters. The number of benzene rings is 1. The fraction of sp³-hybridized carbons (Fsp3) is 0.562. The topological polar surface area (TPSA) is 6.48 Å². The fourth-order valence-electron chi connectivity index (χ4n) is 2.52. The Morgan fingerprint density at radius 2 is 1.74 bits per heavy atom. The van der Waals surface area contributed by atoms with Gasteiger partial charge in [-0.15, -0.1) is 0 Å². The molecule has 0 N–H and O–H groups in total. The Kier molecular flexibility index (Phi) is 5.64. The Hall–Kier alpha value is -1.09. The summed E-state index contributed by atoms with van der Waals surface area (Å²) in [4.78, 5) is 4.69. The largest absolute Gasteiger partial charge is 0.347 e. The van der Waals surface area contributed by atoms with E-state index >= 15 is 0 Å². The van der Waals surface area contributed by atoms with E-state index in [2.05, 4.69) is 47.1 Å². The predicted molar refractivity (Wildman–Crippen MR) is 85.2 cm³/mol. The van der Waals surface area contributed by atoms with E-state index in [9.17, 15) is 0 Å². The number of thiocarbonyl (C=S) groups is 1. The molecule has 104 valence electrons. The van der Waals surface area contributed by atoms with Crippen molar-refractivity contribution in [3.05, 3.63) is 35.9 Å². The second-order valence-corrected chi connectivity index (χ2v) is 5.60. The first-order valence-electron chi connectivity index (χ1n) is 7.39.